The maximum atomic E-state index is 5.49. The van der Waals surface area contributed by atoms with Gasteiger partial charge in [-0.1, -0.05) is 30.3 Å². The summed E-state index contributed by atoms with van der Waals surface area (Å²) in [6.45, 7) is 2.66. The van der Waals surface area contributed by atoms with E-state index in [9.17, 15) is 0 Å². The first-order valence-corrected chi connectivity index (χ1v) is 6.50. The minimum absolute atomic E-state index is 0.677. The Labute approximate surface area is 112 Å². The van der Waals surface area contributed by atoms with E-state index in [1.807, 2.05) is 43.3 Å². The summed E-state index contributed by atoms with van der Waals surface area (Å²) in [6, 6.07) is 16.3. The number of ether oxygens (including phenoxy) is 1. The molecule has 0 aliphatic rings. The molecule has 3 nitrogen and oxygen atoms in total. The van der Waals surface area contributed by atoms with Crippen LogP contribution in [-0.4, -0.2) is 16.6 Å². The molecule has 0 saturated heterocycles. The van der Waals surface area contributed by atoms with Gasteiger partial charge in [-0.25, -0.2) is 4.98 Å². The number of nitrogens with one attached hydrogen (secondary N) is 1. The molecule has 0 unspecified atom stereocenters. The topological polar surface area (TPSA) is 37.9 Å². The lowest BCUT2D eigenvalue weighted by Crippen LogP contribution is -1.90. The summed E-state index contributed by atoms with van der Waals surface area (Å²) < 4.78 is 5.49. The summed E-state index contributed by atoms with van der Waals surface area (Å²) in [5, 5.41) is 0. The van der Waals surface area contributed by atoms with Crippen molar-refractivity contribution in [2.75, 3.05) is 6.61 Å². The fraction of sp³-hybridized carbons (Fsp3) is 0.188. The zero-order chi connectivity index (χ0) is 13.1. The molecule has 3 heteroatoms. The maximum Gasteiger partial charge on any atom is 0.121 e. The lowest BCUT2D eigenvalue weighted by Gasteiger charge is -2.00. The fourth-order valence-electron chi connectivity index (χ4n) is 2.17. The highest BCUT2D eigenvalue weighted by molar-refractivity contribution is 5.76. The molecule has 1 aromatic heterocycles. The third-order valence-corrected chi connectivity index (χ3v) is 3.03. The van der Waals surface area contributed by atoms with E-state index in [1.165, 1.54) is 5.56 Å². The normalized spacial score (nSPS) is 10.8. The van der Waals surface area contributed by atoms with Crippen LogP contribution >= 0.6 is 0 Å². The van der Waals surface area contributed by atoms with Crippen LogP contribution in [0.25, 0.3) is 11.0 Å². The van der Waals surface area contributed by atoms with Gasteiger partial charge in [0, 0.05) is 12.5 Å². The molecule has 2 aromatic carbocycles. The Hall–Kier alpha value is -2.29. The number of nitrogens with zero attached hydrogens (tertiary/aromatic N) is 1. The van der Waals surface area contributed by atoms with Crippen LogP contribution < -0.4 is 4.74 Å². The third-order valence-electron chi connectivity index (χ3n) is 3.03. The summed E-state index contributed by atoms with van der Waals surface area (Å²) in [5.74, 6) is 1.86. The highest BCUT2D eigenvalue weighted by atomic mass is 16.5. The molecule has 1 N–H and O–H groups in total. The zero-order valence-corrected chi connectivity index (χ0v) is 10.9. The third kappa shape index (κ3) is 2.60. The highest BCUT2D eigenvalue weighted by Crippen LogP contribution is 2.20. The number of aromatic nitrogens is 2. The van der Waals surface area contributed by atoms with Crippen molar-refractivity contribution >= 4 is 11.0 Å². The number of fused-ring (bicyclic) bond motifs is 1. The summed E-state index contributed by atoms with van der Waals surface area (Å²) >= 11 is 0. The van der Waals surface area contributed by atoms with Gasteiger partial charge in [0.2, 0.25) is 0 Å². The first-order chi connectivity index (χ1) is 9.35. The van der Waals surface area contributed by atoms with E-state index in [0.717, 1.165) is 29.0 Å². The second-order valence-corrected chi connectivity index (χ2v) is 4.46. The maximum absolute atomic E-state index is 5.49. The highest BCUT2D eigenvalue weighted by Gasteiger charge is 2.05. The zero-order valence-electron chi connectivity index (χ0n) is 10.9. The van der Waals surface area contributed by atoms with Crippen LogP contribution in [0.4, 0.5) is 0 Å². The summed E-state index contributed by atoms with van der Waals surface area (Å²) in [7, 11) is 0. The molecule has 3 aromatic rings. The monoisotopic (exact) mass is 252 g/mol. The van der Waals surface area contributed by atoms with Crippen molar-refractivity contribution in [2.45, 2.75) is 13.3 Å². The molecule has 0 spiro atoms. The molecule has 0 aliphatic carbocycles. The van der Waals surface area contributed by atoms with Gasteiger partial charge >= 0.3 is 0 Å². The number of H-pyrrole nitrogens is 1. The molecule has 3 rings (SSSR count). The number of imidazole rings is 1. The van der Waals surface area contributed by atoms with E-state index in [-0.39, 0.29) is 0 Å². The molecule has 0 amide bonds. The number of hydrogen-bond acceptors (Lipinski definition) is 2. The summed E-state index contributed by atoms with van der Waals surface area (Å²) in [4.78, 5) is 7.95. The number of rotatable bonds is 4. The van der Waals surface area contributed by atoms with E-state index in [2.05, 4.69) is 22.1 Å². The SMILES string of the molecule is CCOc1ccc2nc(Cc3ccccc3)[nH]c2c1. The van der Waals surface area contributed by atoms with Crippen molar-refractivity contribution in [1.82, 2.24) is 9.97 Å². The van der Waals surface area contributed by atoms with Gasteiger partial charge in [-0.3, -0.25) is 0 Å². The second kappa shape index (κ2) is 5.14. The largest absolute Gasteiger partial charge is 0.494 e. The predicted octanol–water partition coefficient (Wildman–Crippen LogP) is 3.55. The van der Waals surface area contributed by atoms with E-state index in [1.54, 1.807) is 0 Å². The van der Waals surface area contributed by atoms with Gasteiger partial charge in [-0.2, -0.15) is 0 Å². The van der Waals surface area contributed by atoms with Gasteiger partial charge in [-0.05, 0) is 24.6 Å². The Morgan fingerprint density at radius 1 is 1.11 bits per heavy atom. The molecule has 0 saturated carbocycles. The van der Waals surface area contributed by atoms with Crippen molar-refractivity contribution in [3.05, 3.63) is 59.9 Å². The Morgan fingerprint density at radius 3 is 2.74 bits per heavy atom. The van der Waals surface area contributed by atoms with Gasteiger partial charge in [0.05, 0.1) is 17.6 Å². The van der Waals surface area contributed by atoms with Crippen LogP contribution in [0.3, 0.4) is 0 Å². The Balaban J connectivity index is 1.89. The van der Waals surface area contributed by atoms with E-state index < -0.39 is 0 Å². The van der Waals surface area contributed by atoms with Gasteiger partial charge in [0.15, 0.2) is 0 Å². The first kappa shape index (κ1) is 11.8. The summed E-state index contributed by atoms with van der Waals surface area (Å²) in [6.07, 6.45) is 0.819. The molecular formula is C16H16N2O. The minimum atomic E-state index is 0.677. The van der Waals surface area contributed by atoms with Gasteiger partial charge in [0.1, 0.15) is 11.6 Å². The Bertz CT molecular complexity index is 674. The quantitative estimate of drug-likeness (QED) is 0.771. The molecule has 0 bridgehead atoms. The van der Waals surface area contributed by atoms with Crippen LogP contribution in [0.2, 0.25) is 0 Å². The number of benzene rings is 2. The van der Waals surface area contributed by atoms with Crippen LogP contribution in [-0.2, 0) is 6.42 Å². The van der Waals surface area contributed by atoms with Crippen molar-refractivity contribution in [2.24, 2.45) is 0 Å². The fourth-order valence-corrected chi connectivity index (χ4v) is 2.17. The molecular weight excluding hydrogens is 236 g/mol. The van der Waals surface area contributed by atoms with Gasteiger partial charge in [0.25, 0.3) is 0 Å². The molecule has 0 atom stereocenters. The smallest absolute Gasteiger partial charge is 0.121 e. The molecule has 0 aliphatic heterocycles. The number of hydrogen-bond donors (Lipinski definition) is 1. The van der Waals surface area contributed by atoms with Crippen LogP contribution in [0.5, 0.6) is 5.75 Å². The Morgan fingerprint density at radius 2 is 1.95 bits per heavy atom. The van der Waals surface area contributed by atoms with Crippen LogP contribution in [0, 0.1) is 0 Å². The average Bonchev–Trinajstić information content (AvgIpc) is 2.82. The van der Waals surface area contributed by atoms with Crippen LogP contribution in [0.1, 0.15) is 18.3 Å². The van der Waals surface area contributed by atoms with E-state index >= 15 is 0 Å². The Kier molecular flexibility index (Phi) is 3.19. The van der Waals surface area contributed by atoms with Crippen molar-refractivity contribution in [3.8, 4) is 5.75 Å². The predicted molar refractivity (Wildman–Crippen MR) is 76.5 cm³/mol. The number of aromatic amines is 1. The molecule has 1 heterocycles. The standard InChI is InChI=1S/C16H16N2O/c1-2-19-13-8-9-14-15(11-13)18-16(17-14)10-12-6-4-3-5-7-12/h3-9,11H,2,10H2,1H3,(H,17,18). The van der Waals surface area contributed by atoms with E-state index in [0.29, 0.717) is 6.61 Å². The van der Waals surface area contributed by atoms with Gasteiger partial charge in [-0.15, -0.1) is 0 Å². The van der Waals surface area contributed by atoms with Crippen molar-refractivity contribution in [3.63, 3.8) is 0 Å². The molecule has 96 valence electrons. The van der Waals surface area contributed by atoms with Gasteiger partial charge < -0.3 is 9.72 Å². The first-order valence-electron chi connectivity index (χ1n) is 6.50. The lowest BCUT2D eigenvalue weighted by atomic mass is 10.1. The molecule has 0 radical (unpaired) electrons. The van der Waals surface area contributed by atoms with Crippen LogP contribution in [0.15, 0.2) is 48.5 Å². The summed E-state index contributed by atoms with van der Waals surface area (Å²) in [5.41, 5.74) is 3.26. The molecule has 19 heavy (non-hydrogen) atoms. The minimum Gasteiger partial charge on any atom is -0.494 e. The molecule has 0 fully saturated rings. The van der Waals surface area contributed by atoms with E-state index in [4.69, 9.17) is 4.74 Å². The van der Waals surface area contributed by atoms with Crippen molar-refractivity contribution < 1.29 is 4.74 Å². The second-order valence-electron chi connectivity index (χ2n) is 4.46. The average molecular weight is 252 g/mol. The lowest BCUT2D eigenvalue weighted by molar-refractivity contribution is 0.340. The van der Waals surface area contributed by atoms with Crippen molar-refractivity contribution in [1.29, 1.82) is 0 Å².